The molecule has 0 saturated carbocycles. The van der Waals surface area contributed by atoms with Gasteiger partial charge >= 0.3 is 0 Å². The van der Waals surface area contributed by atoms with Gasteiger partial charge in [-0.1, -0.05) is 30.3 Å². The lowest BCUT2D eigenvalue weighted by molar-refractivity contribution is -0.116. The molecule has 0 spiro atoms. The minimum absolute atomic E-state index is 0.185. The van der Waals surface area contributed by atoms with Crippen LogP contribution in [0, 0.1) is 0 Å². The number of carbonyl (C=O) groups excluding carboxylic acids is 1. The summed E-state index contributed by atoms with van der Waals surface area (Å²) in [5.41, 5.74) is 6.49. The average Bonchev–Trinajstić information content (AvgIpc) is 2.50. The maximum Gasteiger partial charge on any atom is 0.274 e. The minimum Gasteiger partial charge on any atom is -0.330 e. The molecule has 2 rings (SSSR count). The molecule has 5 heteroatoms. The van der Waals surface area contributed by atoms with Gasteiger partial charge in [0.05, 0.1) is 6.54 Å². The van der Waals surface area contributed by atoms with E-state index in [1.165, 1.54) is 0 Å². The van der Waals surface area contributed by atoms with Crippen LogP contribution in [0.25, 0.3) is 0 Å². The number of rotatable bonds is 6. The maximum absolute atomic E-state index is 12.3. The molecule has 3 N–H and O–H groups in total. The van der Waals surface area contributed by atoms with Crippen molar-refractivity contribution < 1.29 is 4.79 Å². The third kappa shape index (κ3) is 4.29. The summed E-state index contributed by atoms with van der Waals surface area (Å²) in [6, 6.07) is 13.1. The smallest absolute Gasteiger partial charge is 0.274 e. The molecule has 1 aromatic carbocycles. The fraction of sp³-hybridized carbons (Fsp3) is 0.250. The SMILES string of the molecule is NCCCC(=O)Nc1cccn(Cc2ccccc2)c1=O. The molecule has 1 aromatic heterocycles. The van der Waals surface area contributed by atoms with Crippen molar-refractivity contribution in [3.8, 4) is 0 Å². The van der Waals surface area contributed by atoms with Crippen molar-refractivity contribution in [1.29, 1.82) is 0 Å². The minimum atomic E-state index is -0.206. The number of nitrogens with one attached hydrogen (secondary N) is 1. The normalized spacial score (nSPS) is 10.3. The molecule has 0 aliphatic carbocycles. The summed E-state index contributed by atoms with van der Waals surface area (Å²) in [5.74, 6) is -0.185. The van der Waals surface area contributed by atoms with E-state index >= 15 is 0 Å². The van der Waals surface area contributed by atoms with E-state index in [2.05, 4.69) is 5.32 Å². The lowest BCUT2D eigenvalue weighted by atomic mass is 10.2. The van der Waals surface area contributed by atoms with Crippen LogP contribution in [0.15, 0.2) is 53.5 Å². The summed E-state index contributed by atoms with van der Waals surface area (Å²) in [4.78, 5) is 24.0. The third-order valence-corrected chi connectivity index (χ3v) is 3.10. The second-order valence-corrected chi connectivity index (χ2v) is 4.78. The first-order chi connectivity index (χ1) is 10.2. The molecule has 0 bridgehead atoms. The Morgan fingerprint density at radius 1 is 1.14 bits per heavy atom. The van der Waals surface area contributed by atoms with Gasteiger partial charge in [0.2, 0.25) is 5.91 Å². The Kier molecular flexibility index (Phi) is 5.29. The zero-order valence-electron chi connectivity index (χ0n) is 11.8. The van der Waals surface area contributed by atoms with Crippen molar-refractivity contribution in [1.82, 2.24) is 4.57 Å². The highest BCUT2D eigenvalue weighted by Crippen LogP contribution is 2.04. The quantitative estimate of drug-likeness (QED) is 0.846. The van der Waals surface area contributed by atoms with Crippen molar-refractivity contribution in [2.75, 3.05) is 11.9 Å². The van der Waals surface area contributed by atoms with Gasteiger partial charge < -0.3 is 15.6 Å². The largest absolute Gasteiger partial charge is 0.330 e. The number of pyridine rings is 1. The highest BCUT2D eigenvalue weighted by molar-refractivity contribution is 5.90. The number of nitrogens with zero attached hydrogens (tertiary/aromatic N) is 1. The van der Waals surface area contributed by atoms with E-state index < -0.39 is 0 Å². The molecule has 0 unspecified atom stereocenters. The molecule has 110 valence electrons. The van der Waals surface area contributed by atoms with Gasteiger partial charge in [0, 0.05) is 12.6 Å². The van der Waals surface area contributed by atoms with Gasteiger partial charge in [0.25, 0.3) is 5.56 Å². The number of benzene rings is 1. The molecule has 0 fully saturated rings. The van der Waals surface area contributed by atoms with Gasteiger partial charge in [0.1, 0.15) is 5.69 Å². The number of anilines is 1. The van der Waals surface area contributed by atoms with E-state index in [-0.39, 0.29) is 11.5 Å². The number of aromatic nitrogens is 1. The van der Waals surface area contributed by atoms with Crippen molar-refractivity contribution in [3.05, 3.63) is 64.6 Å². The molecule has 0 atom stereocenters. The molecule has 21 heavy (non-hydrogen) atoms. The van der Waals surface area contributed by atoms with Crippen LogP contribution in [0.4, 0.5) is 5.69 Å². The lowest BCUT2D eigenvalue weighted by Crippen LogP contribution is -2.26. The predicted molar refractivity (Wildman–Crippen MR) is 83.2 cm³/mol. The van der Waals surface area contributed by atoms with Gasteiger partial charge in [-0.2, -0.15) is 0 Å². The van der Waals surface area contributed by atoms with Crippen LogP contribution in [-0.2, 0) is 11.3 Å². The van der Waals surface area contributed by atoms with Crippen LogP contribution in [0.3, 0.4) is 0 Å². The molecule has 0 aliphatic heterocycles. The van der Waals surface area contributed by atoms with Gasteiger partial charge in [-0.05, 0) is 30.7 Å². The Hall–Kier alpha value is -2.40. The Labute approximate surface area is 123 Å². The molecule has 1 heterocycles. The van der Waals surface area contributed by atoms with Crippen LogP contribution in [0.1, 0.15) is 18.4 Å². The van der Waals surface area contributed by atoms with Gasteiger partial charge in [-0.25, -0.2) is 0 Å². The maximum atomic E-state index is 12.3. The van der Waals surface area contributed by atoms with E-state index in [4.69, 9.17) is 5.73 Å². The molecule has 5 nitrogen and oxygen atoms in total. The van der Waals surface area contributed by atoms with Crippen molar-refractivity contribution in [2.45, 2.75) is 19.4 Å². The molecular weight excluding hydrogens is 266 g/mol. The van der Waals surface area contributed by atoms with Crippen molar-refractivity contribution >= 4 is 11.6 Å². The summed E-state index contributed by atoms with van der Waals surface area (Å²) < 4.78 is 1.58. The van der Waals surface area contributed by atoms with Crippen LogP contribution in [0.2, 0.25) is 0 Å². The molecule has 0 radical (unpaired) electrons. The van der Waals surface area contributed by atoms with E-state index in [9.17, 15) is 9.59 Å². The third-order valence-electron chi connectivity index (χ3n) is 3.10. The molecule has 0 aliphatic rings. The summed E-state index contributed by atoms with van der Waals surface area (Å²) in [6.45, 7) is 0.937. The lowest BCUT2D eigenvalue weighted by Gasteiger charge is -2.09. The Balaban J connectivity index is 2.13. The number of carbonyl (C=O) groups is 1. The first-order valence-electron chi connectivity index (χ1n) is 6.94. The first-order valence-corrected chi connectivity index (χ1v) is 6.94. The zero-order chi connectivity index (χ0) is 15.1. The van der Waals surface area contributed by atoms with E-state index in [1.54, 1.807) is 22.9 Å². The van der Waals surface area contributed by atoms with Crippen LogP contribution >= 0.6 is 0 Å². The molecule has 1 amide bonds. The summed E-state index contributed by atoms with van der Waals surface area (Å²) in [7, 11) is 0. The number of amides is 1. The van der Waals surface area contributed by atoms with Gasteiger partial charge in [-0.3, -0.25) is 9.59 Å². The topological polar surface area (TPSA) is 77.1 Å². The van der Waals surface area contributed by atoms with Gasteiger partial charge in [0.15, 0.2) is 0 Å². The Bertz CT molecular complexity index is 650. The summed E-state index contributed by atoms with van der Waals surface area (Å²) >= 11 is 0. The molecule has 0 saturated heterocycles. The number of hydrogen-bond acceptors (Lipinski definition) is 3. The number of hydrogen-bond donors (Lipinski definition) is 2. The zero-order valence-corrected chi connectivity index (χ0v) is 11.8. The summed E-state index contributed by atoms with van der Waals surface area (Å²) in [5, 5.41) is 2.64. The highest BCUT2D eigenvalue weighted by Gasteiger charge is 2.07. The molecule has 2 aromatic rings. The van der Waals surface area contributed by atoms with E-state index in [0.717, 1.165) is 5.56 Å². The predicted octanol–water partition coefficient (Wildman–Crippen LogP) is 1.57. The van der Waals surface area contributed by atoms with Crippen LogP contribution in [0.5, 0.6) is 0 Å². The van der Waals surface area contributed by atoms with E-state index in [1.807, 2.05) is 30.3 Å². The second kappa shape index (κ2) is 7.40. The number of nitrogens with two attached hydrogens (primary N) is 1. The van der Waals surface area contributed by atoms with Crippen molar-refractivity contribution in [3.63, 3.8) is 0 Å². The monoisotopic (exact) mass is 285 g/mol. The summed E-state index contributed by atoms with van der Waals surface area (Å²) in [6.07, 6.45) is 2.64. The first kappa shape index (κ1) is 15.0. The second-order valence-electron chi connectivity index (χ2n) is 4.78. The Morgan fingerprint density at radius 3 is 2.62 bits per heavy atom. The van der Waals surface area contributed by atoms with Crippen LogP contribution < -0.4 is 16.6 Å². The Morgan fingerprint density at radius 2 is 1.90 bits per heavy atom. The molecular formula is C16H19N3O2. The van der Waals surface area contributed by atoms with Crippen molar-refractivity contribution in [2.24, 2.45) is 5.73 Å². The van der Waals surface area contributed by atoms with E-state index in [0.29, 0.717) is 31.6 Å². The fourth-order valence-corrected chi connectivity index (χ4v) is 2.01. The average molecular weight is 285 g/mol. The van der Waals surface area contributed by atoms with Crippen LogP contribution in [-0.4, -0.2) is 17.0 Å². The van der Waals surface area contributed by atoms with Gasteiger partial charge in [-0.15, -0.1) is 0 Å². The highest BCUT2D eigenvalue weighted by atomic mass is 16.2. The standard InChI is InChI=1S/C16H19N3O2/c17-10-4-9-15(20)18-14-8-5-11-19(16(14)21)12-13-6-2-1-3-7-13/h1-3,5-8,11H,4,9-10,12,17H2,(H,18,20). The fourth-order valence-electron chi connectivity index (χ4n) is 2.01.